The van der Waals surface area contributed by atoms with Crippen LogP contribution >= 0.6 is 0 Å². The molecule has 1 atom stereocenters. The molecule has 6 nitrogen and oxygen atoms in total. The van der Waals surface area contributed by atoms with Gasteiger partial charge in [0.25, 0.3) is 5.78 Å². The number of carbonyl (C=O) groups is 4. The van der Waals surface area contributed by atoms with Crippen LogP contribution in [0, 0.1) is 0 Å². The van der Waals surface area contributed by atoms with E-state index in [2.05, 4.69) is 9.47 Å². The fraction of sp³-hybridized carbons (Fsp3) is 0.500. The summed E-state index contributed by atoms with van der Waals surface area (Å²) in [5.74, 6) is -3.64. The maximum absolute atomic E-state index is 11.0. The summed E-state index contributed by atoms with van der Waals surface area (Å²) in [6.07, 6.45) is -1.06. The molecule has 76 valence electrons. The van der Waals surface area contributed by atoms with Gasteiger partial charge in [-0.05, 0) is 0 Å². The molecule has 0 unspecified atom stereocenters. The van der Waals surface area contributed by atoms with Crippen molar-refractivity contribution >= 4 is 23.5 Å². The molecular weight excluding hydrogens is 192 g/mol. The van der Waals surface area contributed by atoms with Crippen LogP contribution in [0.4, 0.5) is 0 Å². The van der Waals surface area contributed by atoms with E-state index in [0.29, 0.717) is 0 Å². The second-order valence-corrected chi connectivity index (χ2v) is 2.72. The minimum atomic E-state index is -1.14. The molecule has 1 saturated heterocycles. The van der Waals surface area contributed by atoms with Crippen LogP contribution in [0.2, 0.25) is 0 Å². The van der Waals surface area contributed by atoms with E-state index < -0.39 is 29.6 Å². The first kappa shape index (κ1) is 10.4. The van der Waals surface area contributed by atoms with Crippen LogP contribution in [0.25, 0.3) is 0 Å². The molecule has 0 aromatic rings. The predicted octanol–water partition coefficient (Wildman–Crippen LogP) is -0.997. The number of esters is 2. The minimum absolute atomic E-state index is 0.0237. The largest absolute Gasteiger partial charge is 0.466 e. The third kappa shape index (κ3) is 2.15. The molecule has 0 spiro atoms. The molecule has 0 aliphatic carbocycles. The van der Waals surface area contributed by atoms with E-state index in [1.54, 1.807) is 0 Å². The molecule has 0 aromatic heterocycles. The number of hydrogen-bond acceptors (Lipinski definition) is 6. The Bertz CT molecular complexity index is 305. The van der Waals surface area contributed by atoms with Gasteiger partial charge < -0.3 is 9.47 Å². The van der Waals surface area contributed by atoms with Crippen molar-refractivity contribution in [2.75, 3.05) is 6.61 Å². The summed E-state index contributed by atoms with van der Waals surface area (Å²) in [7, 11) is 0. The fourth-order valence-electron chi connectivity index (χ4n) is 0.983. The Kier molecular flexibility index (Phi) is 2.95. The molecule has 1 aliphatic rings. The number of carbonyl (C=O) groups excluding carboxylic acids is 4. The molecular formula is C8H8O6. The van der Waals surface area contributed by atoms with Crippen LogP contribution in [0.1, 0.15) is 13.3 Å². The molecule has 6 heteroatoms. The van der Waals surface area contributed by atoms with Gasteiger partial charge in [0, 0.05) is 13.3 Å². The fourth-order valence-corrected chi connectivity index (χ4v) is 0.983. The Hall–Kier alpha value is -1.72. The Morgan fingerprint density at radius 3 is 2.50 bits per heavy atom. The van der Waals surface area contributed by atoms with Crippen molar-refractivity contribution in [2.45, 2.75) is 19.4 Å². The molecule has 1 aliphatic heterocycles. The van der Waals surface area contributed by atoms with Gasteiger partial charge in [-0.1, -0.05) is 0 Å². The summed E-state index contributed by atoms with van der Waals surface area (Å²) in [6, 6.07) is 0. The van der Waals surface area contributed by atoms with E-state index in [9.17, 15) is 19.2 Å². The number of hydrogen-bond donors (Lipinski definition) is 0. The average Bonchev–Trinajstić information content (AvgIpc) is 2.33. The van der Waals surface area contributed by atoms with Crippen molar-refractivity contribution in [2.24, 2.45) is 0 Å². The topological polar surface area (TPSA) is 86.7 Å². The van der Waals surface area contributed by atoms with Gasteiger partial charge in [-0.25, -0.2) is 4.79 Å². The lowest BCUT2D eigenvalue weighted by atomic mass is 10.1. The van der Waals surface area contributed by atoms with Gasteiger partial charge >= 0.3 is 17.7 Å². The molecule has 0 N–H and O–H groups in total. The molecule has 1 fully saturated rings. The quantitative estimate of drug-likeness (QED) is 0.429. The molecule has 1 heterocycles. The molecule has 1 rings (SSSR count). The van der Waals surface area contributed by atoms with E-state index in [1.165, 1.54) is 6.92 Å². The summed E-state index contributed by atoms with van der Waals surface area (Å²) in [6.45, 7) is 1.17. The normalized spacial score (nSPS) is 20.9. The van der Waals surface area contributed by atoms with Crippen molar-refractivity contribution in [3.05, 3.63) is 0 Å². The molecule has 0 bridgehead atoms. The third-order valence-electron chi connectivity index (χ3n) is 1.64. The second kappa shape index (κ2) is 3.99. The number of Topliss-reactive ketones (excluding diaryl/α,β-unsaturated/α-hetero) is 2. The molecule has 0 aromatic carbocycles. The maximum Gasteiger partial charge on any atom is 0.383 e. The van der Waals surface area contributed by atoms with Crippen molar-refractivity contribution in [3.8, 4) is 0 Å². The second-order valence-electron chi connectivity index (χ2n) is 2.72. The number of cyclic esters (lactones) is 1. The lowest BCUT2D eigenvalue weighted by Crippen LogP contribution is -2.22. The van der Waals surface area contributed by atoms with Gasteiger partial charge in [0.2, 0.25) is 0 Å². The van der Waals surface area contributed by atoms with Gasteiger partial charge in [0.1, 0.15) is 0 Å². The van der Waals surface area contributed by atoms with Gasteiger partial charge in [-0.2, -0.15) is 0 Å². The van der Waals surface area contributed by atoms with E-state index >= 15 is 0 Å². The molecule has 0 amide bonds. The lowest BCUT2D eigenvalue weighted by molar-refractivity contribution is -0.149. The first-order valence-corrected chi connectivity index (χ1v) is 3.95. The highest BCUT2D eigenvalue weighted by Crippen LogP contribution is 2.10. The van der Waals surface area contributed by atoms with Crippen LogP contribution in [0.15, 0.2) is 0 Å². The highest BCUT2D eigenvalue weighted by Gasteiger charge is 2.41. The maximum atomic E-state index is 11.0. The highest BCUT2D eigenvalue weighted by atomic mass is 16.6. The molecule has 0 radical (unpaired) electrons. The summed E-state index contributed by atoms with van der Waals surface area (Å²) in [5, 5.41) is 0. The van der Waals surface area contributed by atoms with E-state index in [0.717, 1.165) is 0 Å². The summed E-state index contributed by atoms with van der Waals surface area (Å²) in [4.78, 5) is 42.6. The van der Waals surface area contributed by atoms with Crippen molar-refractivity contribution < 1.29 is 28.7 Å². The zero-order chi connectivity index (χ0) is 10.7. The van der Waals surface area contributed by atoms with Crippen molar-refractivity contribution in [1.82, 2.24) is 0 Å². The Balaban J connectivity index is 2.40. The minimum Gasteiger partial charge on any atom is -0.466 e. The van der Waals surface area contributed by atoms with Crippen LogP contribution in [0.3, 0.4) is 0 Å². The van der Waals surface area contributed by atoms with E-state index in [-0.39, 0.29) is 13.0 Å². The molecule has 0 saturated carbocycles. The number of ketones is 2. The smallest absolute Gasteiger partial charge is 0.383 e. The summed E-state index contributed by atoms with van der Waals surface area (Å²) >= 11 is 0. The highest BCUT2D eigenvalue weighted by molar-refractivity contribution is 6.65. The zero-order valence-corrected chi connectivity index (χ0v) is 7.44. The predicted molar refractivity (Wildman–Crippen MR) is 41.1 cm³/mol. The monoisotopic (exact) mass is 200 g/mol. The van der Waals surface area contributed by atoms with Crippen LogP contribution in [-0.4, -0.2) is 36.2 Å². The zero-order valence-electron chi connectivity index (χ0n) is 7.44. The van der Waals surface area contributed by atoms with Crippen molar-refractivity contribution in [3.63, 3.8) is 0 Å². The van der Waals surface area contributed by atoms with Gasteiger partial charge in [-0.3, -0.25) is 14.4 Å². The molecule has 14 heavy (non-hydrogen) atoms. The van der Waals surface area contributed by atoms with E-state index in [4.69, 9.17) is 0 Å². The van der Waals surface area contributed by atoms with Crippen molar-refractivity contribution in [1.29, 1.82) is 0 Å². The van der Waals surface area contributed by atoms with Crippen LogP contribution in [0.5, 0.6) is 0 Å². The van der Waals surface area contributed by atoms with Gasteiger partial charge in [-0.15, -0.1) is 0 Å². The standard InChI is InChI=1S/C8H8O6/c1-4(9)13-3-2-5-6(10)7(11)8(12)14-5/h5H,2-3H2,1H3/t5-/m1/s1. The number of ether oxygens (including phenoxy) is 2. The SMILES string of the molecule is CC(=O)OCC[C@H]1OC(=O)C(=O)C1=O. The third-order valence-corrected chi connectivity index (χ3v) is 1.64. The summed E-state index contributed by atoms with van der Waals surface area (Å²) in [5.41, 5.74) is 0. The van der Waals surface area contributed by atoms with E-state index in [1.807, 2.05) is 0 Å². The van der Waals surface area contributed by atoms with Crippen LogP contribution < -0.4 is 0 Å². The Labute approximate surface area is 79.2 Å². The first-order chi connectivity index (χ1) is 6.52. The van der Waals surface area contributed by atoms with Gasteiger partial charge in [0.15, 0.2) is 6.10 Å². The van der Waals surface area contributed by atoms with Gasteiger partial charge in [0.05, 0.1) is 6.61 Å². The van der Waals surface area contributed by atoms with Crippen LogP contribution in [-0.2, 0) is 28.7 Å². The number of rotatable bonds is 3. The lowest BCUT2D eigenvalue weighted by Gasteiger charge is -2.05. The Morgan fingerprint density at radius 1 is 1.43 bits per heavy atom. The average molecular weight is 200 g/mol. The Morgan fingerprint density at radius 2 is 2.07 bits per heavy atom. The summed E-state index contributed by atoms with van der Waals surface area (Å²) < 4.78 is 8.97. The first-order valence-electron chi connectivity index (χ1n) is 3.95.